The predicted molar refractivity (Wildman–Crippen MR) is 80.2 cm³/mol. The number of rotatable bonds is 4. The Morgan fingerprint density at radius 3 is 2.43 bits per heavy atom. The molecule has 21 heavy (non-hydrogen) atoms. The lowest BCUT2D eigenvalue weighted by atomic mass is 9.93. The second-order valence-corrected chi connectivity index (χ2v) is 7.29. The zero-order valence-corrected chi connectivity index (χ0v) is 12.8. The Bertz CT molecular complexity index is 635. The summed E-state index contributed by atoms with van der Waals surface area (Å²) in [5.41, 5.74) is 12.0. The largest absolute Gasteiger partial charge is 0.366 e. The lowest BCUT2D eigenvalue weighted by Crippen LogP contribution is -2.40. The quantitative estimate of drug-likeness (QED) is 0.756. The van der Waals surface area contributed by atoms with Crippen LogP contribution in [0.4, 0.5) is 0 Å². The van der Waals surface area contributed by atoms with E-state index in [1.54, 1.807) is 13.0 Å². The maximum absolute atomic E-state index is 12.4. The van der Waals surface area contributed by atoms with Gasteiger partial charge in [-0.2, -0.15) is 0 Å². The van der Waals surface area contributed by atoms with Gasteiger partial charge in [0.15, 0.2) is 0 Å². The van der Waals surface area contributed by atoms with Crippen molar-refractivity contribution in [1.29, 1.82) is 0 Å². The maximum Gasteiger partial charge on any atom is 0.249 e. The van der Waals surface area contributed by atoms with Crippen LogP contribution < -0.4 is 16.2 Å². The molecule has 0 saturated heterocycles. The molecule has 1 saturated carbocycles. The molecular formula is C14H21N3O3S. The van der Waals surface area contributed by atoms with Crippen molar-refractivity contribution in [3.63, 3.8) is 0 Å². The fraction of sp³-hybridized carbons (Fsp3) is 0.500. The fourth-order valence-corrected chi connectivity index (χ4v) is 3.89. The van der Waals surface area contributed by atoms with E-state index in [9.17, 15) is 13.2 Å². The highest BCUT2D eigenvalue weighted by Gasteiger charge is 2.25. The Morgan fingerprint density at radius 1 is 1.24 bits per heavy atom. The summed E-state index contributed by atoms with van der Waals surface area (Å²) in [7, 11) is -3.65. The first-order valence-electron chi connectivity index (χ1n) is 6.98. The smallest absolute Gasteiger partial charge is 0.249 e. The normalized spacial score (nSPS) is 23.0. The van der Waals surface area contributed by atoms with Crippen molar-refractivity contribution in [2.24, 2.45) is 11.5 Å². The third-order valence-electron chi connectivity index (χ3n) is 3.88. The van der Waals surface area contributed by atoms with E-state index < -0.39 is 15.9 Å². The summed E-state index contributed by atoms with van der Waals surface area (Å²) in [5, 5.41) is 0. The third kappa shape index (κ3) is 3.81. The first-order chi connectivity index (χ1) is 9.79. The Labute approximate surface area is 124 Å². The summed E-state index contributed by atoms with van der Waals surface area (Å²) in [6.07, 6.45) is 3.09. The van der Waals surface area contributed by atoms with E-state index in [4.69, 9.17) is 11.5 Å². The average Bonchev–Trinajstić information content (AvgIpc) is 2.41. The summed E-state index contributed by atoms with van der Waals surface area (Å²) < 4.78 is 27.4. The third-order valence-corrected chi connectivity index (χ3v) is 5.40. The number of hydrogen-bond acceptors (Lipinski definition) is 4. The van der Waals surface area contributed by atoms with E-state index in [0.29, 0.717) is 5.56 Å². The standard InChI is InChI=1S/C14H21N3O3S/c1-9-2-7-12(8-13(9)14(16)18)21(19,20)17-11-5-3-10(15)4-6-11/h2,7-8,10-11,17H,3-6,15H2,1H3,(H2,16,18). The molecular weight excluding hydrogens is 290 g/mol. The molecule has 2 rings (SSSR count). The van der Waals surface area contributed by atoms with Gasteiger partial charge in [0.1, 0.15) is 0 Å². The van der Waals surface area contributed by atoms with Crippen LogP contribution in [0.5, 0.6) is 0 Å². The minimum atomic E-state index is -3.65. The van der Waals surface area contributed by atoms with Crippen LogP contribution in [0.3, 0.4) is 0 Å². The van der Waals surface area contributed by atoms with Gasteiger partial charge in [-0.25, -0.2) is 13.1 Å². The Morgan fingerprint density at radius 2 is 1.86 bits per heavy atom. The molecule has 7 heteroatoms. The Balaban J connectivity index is 2.20. The van der Waals surface area contributed by atoms with Crippen molar-refractivity contribution in [2.75, 3.05) is 0 Å². The lowest BCUT2D eigenvalue weighted by molar-refractivity contribution is 0.0999. The van der Waals surface area contributed by atoms with Gasteiger partial charge in [-0.1, -0.05) is 6.07 Å². The summed E-state index contributed by atoms with van der Waals surface area (Å²) in [6, 6.07) is 4.46. The molecule has 0 aliphatic heterocycles. The van der Waals surface area contributed by atoms with E-state index in [2.05, 4.69) is 4.72 Å². The van der Waals surface area contributed by atoms with Gasteiger partial charge in [-0.05, 0) is 50.3 Å². The second-order valence-electron chi connectivity index (χ2n) is 5.57. The van der Waals surface area contributed by atoms with Crippen LogP contribution in [0.2, 0.25) is 0 Å². The highest BCUT2D eigenvalue weighted by molar-refractivity contribution is 7.89. The summed E-state index contributed by atoms with van der Waals surface area (Å²) in [5.74, 6) is -0.631. The van der Waals surface area contributed by atoms with E-state index in [1.807, 2.05) is 0 Å². The molecule has 1 aliphatic carbocycles. The summed E-state index contributed by atoms with van der Waals surface area (Å²) in [6.45, 7) is 1.71. The number of primary amides is 1. The number of amides is 1. The van der Waals surface area contributed by atoms with Crippen molar-refractivity contribution in [2.45, 2.75) is 49.6 Å². The topological polar surface area (TPSA) is 115 Å². The van der Waals surface area contributed by atoms with Crippen molar-refractivity contribution in [3.05, 3.63) is 29.3 Å². The number of sulfonamides is 1. The predicted octanol–water partition coefficient (Wildman–Crippen LogP) is 0.642. The number of aryl methyl sites for hydroxylation is 1. The molecule has 0 radical (unpaired) electrons. The average molecular weight is 311 g/mol. The molecule has 1 aromatic carbocycles. The van der Waals surface area contributed by atoms with Crippen LogP contribution in [0.15, 0.2) is 23.1 Å². The Kier molecular flexibility index (Phi) is 4.65. The van der Waals surface area contributed by atoms with E-state index in [-0.39, 0.29) is 22.5 Å². The molecule has 116 valence electrons. The van der Waals surface area contributed by atoms with Crippen LogP contribution >= 0.6 is 0 Å². The van der Waals surface area contributed by atoms with Crippen LogP contribution in [-0.4, -0.2) is 26.4 Å². The molecule has 1 aromatic rings. The van der Waals surface area contributed by atoms with E-state index >= 15 is 0 Å². The first kappa shape index (κ1) is 15.9. The molecule has 0 heterocycles. The van der Waals surface area contributed by atoms with Gasteiger partial charge in [0.2, 0.25) is 15.9 Å². The van der Waals surface area contributed by atoms with Crippen LogP contribution in [0.25, 0.3) is 0 Å². The first-order valence-corrected chi connectivity index (χ1v) is 8.46. The molecule has 0 atom stereocenters. The van der Waals surface area contributed by atoms with Crippen LogP contribution in [0.1, 0.15) is 41.6 Å². The SMILES string of the molecule is Cc1ccc(S(=O)(=O)NC2CCC(N)CC2)cc1C(N)=O. The van der Waals surface area contributed by atoms with Crippen molar-refractivity contribution >= 4 is 15.9 Å². The number of carbonyl (C=O) groups excluding carboxylic acids is 1. The van der Waals surface area contributed by atoms with Gasteiger partial charge >= 0.3 is 0 Å². The van der Waals surface area contributed by atoms with Crippen molar-refractivity contribution in [3.8, 4) is 0 Å². The summed E-state index contributed by atoms with van der Waals surface area (Å²) >= 11 is 0. The van der Waals surface area contributed by atoms with Gasteiger partial charge in [-0.3, -0.25) is 4.79 Å². The zero-order valence-electron chi connectivity index (χ0n) is 12.0. The molecule has 0 bridgehead atoms. The van der Waals surface area contributed by atoms with Crippen molar-refractivity contribution in [1.82, 2.24) is 4.72 Å². The minimum Gasteiger partial charge on any atom is -0.366 e. The summed E-state index contributed by atoms with van der Waals surface area (Å²) in [4.78, 5) is 11.4. The van der Waals surface area contributed by atoms with Gasteiger partial charge in [-0.15, -0.1) is 0 Å². The fourth-order valence-electron chi connectivity index (χ4n) is 2.56. The zero-order chi connectivity index (χ0) is 15.6. The van der Waals surface area contributed by atoms with Crippen LogP contribution in [-0.2, 0) is 10.0 Å². The number of hydrogen-bond donors (Lipinski definition) is 3. The highest BCUT2D eigenvalue weighted by Crippen LogP contribution is 2.21. The number of nitrogens with one attached hydrogen (secondary N) is 1. The maximum atomic E-state index is 12.4. The molecule has 1 fully saturated rings. The molecule has 6 nitrogen and oxygen atoms in total. The van der Waals surface area contributed by atoms with Gasteiger partial charge in [0.05, 0.1) is 4.90 Å². The number of benzene rings is 1. The Hall–Kier alpha value is -1.44. The minimum absolute atomic E-state index is 0.0665. The monoisotopic (exact) mass is 311 g/mol. The van der Waals surface area contributed by atoms with E-state index in [0.717, 1.165) is 25.7 Å². The molecule has 1 amide bonds. The number of nitrogens with two attached hydrogens (primary N) is 2. The lowest BCUT2D eigenvalue weighted by Gasteiger charge is -2.26. The van der Waals surface area contributed by atoms with Gasteiger partial charge in [0, 0.05) is 17.6 Å². The van der Waals surface area contributed by atoms with Gasteiger partial charge < -0.3 is 11.5 Å². The second kappa shape index (κ2) is 6.13. The van der Waals surface area contributed by atoms with Gasteiger partial charge in [0.25, 0.3) is 0 Å². The molecule has 1 aliphatic rings. The van der Waals surface area contributed by atoms with Crippen LogP contribution in [0, 0.1) is 6.92 Å². The molecule has 0 aromatic heterocycles. The number of carbonyl (C=O) groups is 1. The molecule has 0 spiro atoms. The highest BCUT2D eigenvalue weighted by atomic mass is 32.2. The molecule has 5 N–H and O–H groups in total. The van der Waals surface area contributed by atoms with E-state index in [1.165, 1.54) is 12.1 Å². The van der Waals surface area contributed by atoms with Crippen molar-refractivity contribution < 1.29 is 13.2 Å². The molecule has 0 unspecified atom stereocenters.